The van der Waals surface area contributed by atoms with Crippen LogP contribution < -0.4 is 10.6 Å². The highest BCUT2D eigenvalue weighted by Gasteiger charge is 2.19. The molecular formula is C13H18N4O4. The quantitative estimate of drug-likeness (QED) is 0.734. The third kappa shape index (κ3) is 4.40. The van der Waals surface area contributed by atoms with Gasteiger partial charge in [-0.05, 0) is 19.2 Å². The summed E-state index contributed by atoms with van der Waals surface area (Å²) in [6, 6.07) is 2.56. The number of nitrogens with one attached hydrogen (secondary N) is 2. The van der Waals surface area contributed by atoms with E-state index < -0.39 is 12.0 Å². The summed E-state index contributed by atoms with van der Waals surface area (Å²) in [5.41, 5.74) is -0.0366. The molecule has 21 heavy (non-hydrogen) atoms. The second-order valence-corrected chi connectivity index (χ2v) is 4.79. The van der Waals surface area contributed by atoms with Crippen LogP contribution in [0, 0.1) is 0 Å². The van der Waals surface area contributed by atoms with Crippen molar-refractivity contribution in [1.82, 2.24) is 15.2 Å². The lowest BCUT2D eigenvalue weighted by molar-refractivity contribution is -0.0166. The van der Waals surface area contributed by atoms with Crippen molar-refractivity contribution < 1.29 is 19.4 Å². The summed E-state index contributed by atoms with van der Waals surface area (Å²) < 4.78 is 5.52. The number of urea groups is 1. The second kappa shape index (κ2) is 7.00. The Hall–Kier alpha value is -2.19. The minimum atomic E-state index is -1.19. The number of aromatic carboxylic acids is 1. The maximum absolute atomic E-state index is 11.8. The van der Waals surface area contributed by atoms with Gasteiger partial charge in [-0.1, -0.05) is 0 Å². The van der Waals surface area contributed by atoms with Gasteiger partial charge >= 0.3 is 12.0 Å². The minimum absolute atomic E-state index is 0.0673. The molecule has 2 rings (SSSR count). The molecule has 0 bridgehead atoms. The Bertz CT molecular complexity index is 523. The third-order valence-electron chi connectivity index (χ3n) is 3.09. The van der Waals surface area contributed by atoms with Gasteiger partial charge in [0, 0.05) is 25.8 Å². The fraction of sp³-hybridized carbons (Fsp3) is 0.462. The number of hydrogen-bond acceptors (Lipinski definition) is 5. The van der Waals surface area contributed by atoms with E-state index in [1.54, 1.807) is 6.07 Å². The van der Waals surface area contributed by atoms with Gasteiger partial charge in [0.2, 0.25) is 0 Å². The van der Waals surface area contributed by atoms with Crippen molar-refractivity contribution in [3.63, 3.8) is 0 Å². The van der Waals surface area contributed by atoms with Gasteiger partial charge in [-0.15, -0.1) is 0 Å². The molecule has 1 fully saturated rings. The number of carboxylic acid groups (broad SMARTS) is 1. The van der Waals surface area contributed by atoms with Crippen molar-refractivity contribution in [3.05, 3.63) is 24.0 Å². The maximum atomic E-state index is 11.8. The average Bonchev–Trinajstić information content (AvgIpc) is 2.45. The van der Waals surface area contributed by atoms with E-state index in [9.17, 15) is 9.59 Å². The van der Waals surface area contributed by atoms with Crippen LogP contribution in [-0.4, -0.2) is 66.4 Å². The van der Waals surface area contributed by atoms with Gasteiger partial charge in [0.05, 0.1) is 18.4 Å². The number of anilines is 1. The number of hydrogen-bond donors (Lipinski definition) is 3. The molecule has 1 atom stereocenters. The zero-order chi connectivity index (χ0) is 15.2. The molecule has 0 aromatic carbocycles. The number of pyridine rings is 1. The first-order chi connectivity index (χ1) is 10.1. The van der Waals surface area contributed by atoms with E-state index in [4.69, 9.17) is 9.84 Å². The maximum Gasteiger partial charge on any atom is 0.356 e. The number of nitrogens with zero attached hydrogens (tertiary/aromatic N) is 2. The van der Waals surface area contributed by atoms with Crippen molar-refractivity contribution in [2.24, 2.45) is 0 Å². The fourth-order valence-corrected chi connectivity index (χ4v) is 2.04. The summed E-state index contributed by atoms with van der Waals surface area (Å²) >= 11 is 0. The van der Waals surface area contributed by atoms with E-state index in [0.717, 1.165) is 13.1 Å². The molecule has 0 saturated carbocycles. The highest BCUT2D eigenvalue weighted by molar-refractivity contribution is 5.98. The smallest absolute Gasteiger partial charge is 0.356 e. The summed E-state index contributed by atoms with van der Waals surface area (Å²) in [4.78, 5) is 28.6. The van der Waals surface area contributed by atoms with Gasteiger partial charge in [0.15, 0.2) is 5.69 Å². The molecule has 0 spiro atoms. The Kier molecular flexibility index (Phi) is 5.07. The van der Waals surface area contributed by atoms with Gasteiger partial charge in [-0.2, -0.15) is 0 Å². The first-order valence-electron chi connectivity index (χ1n) is 6.59. The molecule has 8 heteroatoms. The molecule has 2 amide bonds. The number of carbonyl (C=O) groups excluding carboxylic acids is 1. The van der Waals surface area contributed by atoms with E-state index in [0.29, 0.717) is 13.2 Å². The monoisotopic (exact) mass is 294 g/mol. The summed E-state index contributed by atoms with van der Waals surface area (Å²) in [5.74, 6) is -1.19. The molecule has 1 unspecified atom stereocenters. The van der Waals surface area contributed by atoms with Crippen molar-refractivity contribution in [3.8, 4) is 0 Å². The summed E-state index contributed by atoms with van der Waals surface area (Å²) in [6.07, 6.45) is 1.29. The Morgan fingerprint density at radius 1 is 1.57 bits per heavy atom. The average molecular weight is 294 g/mol. The highest BCUT2D eigenvalue weighted by Crippen LogP contribution is 2.11. The molecule has 1 aliphatic heterocycles. The normalized spacial score (nSPS) is 19.0. The number of aromatic nitrogens is 1. The second-order valence-electron chi connectivity index (χ2n) is 4.79. The zero-order valence-corrected chi connectivity index (χ0v) is 11.7. The van der Waals surface area contributed by atoms with Gasteiger partial charge < -0.3 is 25.4 Å². The molecule has 1 aromatic heterocycles. The van der Waals surface area contributed by atoms with Crippen molar-refractivity contribution >= 4 is 17.7 Å². The minimum Gasteiger partial charge on any atom is -0.476 e. The van der Waals surface area contributed by atoms with Crippen molar-refractivity contribution in [2.45, 2.75) is 6.10 Å². The third-order valence-corrected chi connectivity index (χ3v) is 3.09. The predicted molar refractivity (Wildman–Crippen MR) is 75.5 cm³/mol. The summed E-state index contributed by atoms with van der Waals surface area (Å²) in [5, 5.41) is 14.1. The van der Waals surface area contributed by atoms with Crippen molar-refractivity contribution in [2.75, 3.05) is 38.6 Å². The van der Waals surface area contributed by atoms with Crippen LogP contribution in [0.1, 0.15) is 10.5 Å². The molecule has 114 valence electrons. The molecule has 2 heterocycles. The van der Waals surface area contributed by atoms with Crippen LogP contribution in [0.5, 0.6) is 0 Å². The van der Waals surface area contributed by atoms with E-state index in [2.05, 4.69) is 20.5 Å². The van der Waals surface area contributed by atoms with Gasteiger partial charge in [-0.3, -0.25) is 0 Å². The van der Waals surface area contributed by atoms with E-state index >= 15 is 0 Å². The summed E-state index contributed by atoms with van der Waals surface area (Å²) in [7, 11) is 1.99. The lowest BCUT2D eigenvalue weighted by atomic mass is 10.3. The Balaban J connectivity index is 1.86. The van der Waals surface area contributed by atoms with Crippen LogP contribution in [0.2, 0.25) is 0 Å². The largest absolute Gasteiger partial charge is 0.476 e. The number of carbonyl (C=O) groups is 2. The standard InChI is InChI=1S/C13H18N4O4/c1-17-5-6-21-9(8-17)7-15-13(20)16-10-3-2-4-14-11(10)12(18)19/h2-4,9H,5-8H2,1H3,(H,18,19)(H2,15,16,20). The first kappa shape index (κ1) is 15.2. The Morgan fingerprint density at radius 2 is 2.38 bits per heavy atom. The topological polar surface area (TPSA) is 104 Å². The van der Waals surface area contributed by atoms with E-state index in [1.165, 1.54) is 12.3 Å². The fourth-order valence-electron chi connectivity index (χ4n) is 2.04. The zero-order valence-electron chi connectivity index (χ0n) is 11.7. The van der Waals surface area contributed by atoms with Crippen LogP contribution in [0.4, 0.5) is 10.5 Å². The van der Waals surface area contributed by atoms with E-state index in [1.807, 2.05) is 7.05 Å². The van der Waals surface area contributed by atoms with Crippen LogP contribution in [0.25, 0.3) is 0 Å². The van der Waals surface area contributed by atoms with Crippen LogP contribution in [0.3, 0.4) is 0 Å². The van der Waals surface area contributed by atoms with Crippen LogP contribution in [0.15, 0.2) is 18.3 Å². The lowest BCUT2D eigenvalue weighted by Gasteiger charge is -2.30. The Labute approximate surface area is 122 Å². The number of carboxylic acids is 1. The van der Waals surface area contributed by atoms with Crippen LogP contribution in [-0.2, 0) is 4.74 Å². The van der Waals surface area contributed by atoms with Gasteiger partial charge in [0.25, 0.3) is 0 Å². The molecule has 0 aliphatic carbocycles. The number of amides is 2. The molecule has 1 aromatic rings. The highest BCUT2D eigenvalue weighted by atomic mass is 16.5. The number of morpholine rings is 1. The molecule has 1 aliphatic rings. The van der Waals surface area contributed by atoms with Crippen molar-refractivity contribution in [1.29, 1.82) is 0 Å². The molecule has 1 saturated heterocycles. The number of ether oxygens (including phenoxy) is 1. The molecule has 0 radical (unpaired) electrons. The van der Waals surface area contributed by atoms with Crippen LogP contribution >= 0.6 is 0 Å². The predicted octanol–water partition coefficient (Wildman–Crippen LogP) is 0.232. The molecule has 8 nitrogen and oxygen atoms in total. The first-order valence-corrected chi connectivity index (χ1v) is 6.59. The summed E-state index contributed by atoms with van der Waals surface area (Å²) in [6.45, 7) is 2.61. The lowest BCUT2D eigenvalue weighted by Crippen LogP contribution is -2.46. The molecule has 3 N–H and O–H groups in total. The molecular weight excluding hydrogens is 276 g/mol. The number of rotatable bonds is 4. The Morgan fingerprint density at radius 3 is 3.10 bits per heavy atom. The SMILES string of the molecule is CN1CCOC(CNC(=O)Nc2cccnc2C(=O)O)C1. The van der Waals surface area contributed by atoms with Gasteiger partial charge in [0.1, 0.15) is 0 Å². The number of likely N-dealkylation sites (N-methyl/N-ethyl adjacent to an activating group) is 1. The van der Waals surface area contributed by atoms with Gasteiger partial charge in [-0.25, -0.2) is 14.6 Å². The van der Waals surface area contributed by atoms with E-state index in [-0.39, 0.29) is 17.5 Å².